The molecule has 0 aliphatic carbocycles. The summed E-state index contributed by atoms with van der Waals surface area (Å²) >= 11 is 0. The molecule has 0 fully saturated rings. The largest absolute Gasteiger partial charge is 0.573 e. The highest BCUT2D eigenvalue weighted by Gasteiger charge is 2.40. The molecule has 12 nitrogen and oxygen atoms in total. The van der Waals surface area contributed by atoms with Crippen LogP contribution in [0.3, 0.4) is 0 Å². The average Bonchev–Trinajstić information content (AvgIpc) is 3.46. The molecule has 276 valence electrons. The number of carbonyl (C=O) groups is 2. The van der Waals surface area contributed by atoms with Crippen molar-refractivity contribution in [1.29, 1.82) is 0 Å². The zero-order valence-corrected chi connectivity index (χ0v) is 29.9. The van der Waals surface area contributed by atoms with Gasteiger partial charge in [0.05, 0.1) is 17.7 Å². The maximum Gasteiger partial charge on any atom is 0.573 e. The number of carbonyl (C=O) groups excluding carboxylic acids is 1. The van der Waals surface area contributed by atoms with Crippen molar-refractivity contribution in [2.75, 3.05) is 29.4 Å². The molecule has 1 unspecified atom stereocenters. The second-order valence-electron chi connectivity index (χ2n) is 12.0. The SMILES string of the molecule is COc1cccc(C(C(=O)NS(=O)(=O)c2ccccc2OC(F)(F)F)N2CCc3c2cccc3N(CC(=O)O)S(=O)(=O)c2c(C)cc(C)cc2C)c1. The van der Waals surface area contributed by atoms with E-state index in [0.29, 0.717) is 28.1 Å². The summed E-state index contributed by atoms with van der Waals surface area (Å²) in [5.74, 6) is -3.33. The van der Waals surface area contributed by atoms with Crippen LogP contribution in [0.4, 0.5) is 24.5 Å². The summed E-state index contributed by atoms with van der Waals surface area (Å²) in [4.78, 5) is 26.8. The van der Waals surface area contributed by atoms with Crippen molar-refractivity contribution in [2.24, 2.45) is 0 Å². The number of sulfonamides is 2. The van der Waals surface area contributed by atoms with E-state index >= 15 is 0 Å². The number of carboxylic acid groups (broad SMARTS) is 1. The first kappa shape index (κ1) is 38.0. The van der Waals surface area contributed by atoms with E-state index < -0.39 is 61.5 Å². The van der Waals surface area contributed by atoms with E-state index in [4.69, 9.17) is 4.74 Å². The lowest BCUT2D eigenvalue weighted by Gasteiger charge is -2.31. The molecule has 1 atom stereocenters. The highest BCUT2D eigenvalue weighted by atomic mass is 32.2. The molecule has 0 saturated heterocycles. The van der Waals surface area contributed by atoms with Gasteiger partial charge in [0.15, 0.2) is 0 Å². The standard InChI is InChI=1S/C35H34F3N3O9S2/c1-21-17-22(2)33(23(3)18-21)52(47,48)41(20-31(42)43)28-12-8-11-27-26(28)15-16-40(27)32(24-9-7-10-25(19-24)49-4)34(44)39-51(45,46)30-14-6-5-13-29(30)50-35(36,37)38/h5-14,17-19,32H,15-16,20H2,1-4H3,(H,39,44)(H,42,43). The molecule has 1 amide bonds. The summed E-state index contributed by atoms with van der Waals surface area (Å²) < 4.78 is 107. The van der Waals surface area contributed by atoms with Gasteiger partial charge in [0.2, 0.25) is 0 Å². The molecule has 1 aliphatic heterocycles. The number of rotatable bonds is 12. The number of aliphatic carboxylic acids is 1. The molecule has 1 heterocycles. The first-order chi connectivity index (χ1) is 24.3. The maximum atomic E-state index is 14.3. The van der Waals surface area contributed by atoms with Gasteiger partial charge < -0.3 is 19.5 Å². The Morgan fingerprint density at radius 2 is 1.60 bits per heavy atom. The summed E-state index contributed by atoms with van der Waals surface area (Å²) in [6, 6.07) is 16.5. The number of alkyl halides is 3. The molecular formula is C35H34F3N3O9S2. The molecule has 1 aliphatic rings. The molecule has 0 saturated carbocycles. The number of nitrogens with zero attached hydrogens (tertiary/aromatic N) is 2. The highest BCUT2D eigenvalue weighted by Crippen LogP contribution is 2.43. The fourth-order valence-electron chi connectivity index (χ4n) is 6.46. The normalized spacial score (nSPS) is 13.6. The van der Waals surface area contributed by atoms with Gasteiger partial charge in [-0.05, 0) is 80.3 Å². The van der Waals surface area contributed by atoms with E-state index in [-0.39, 0.29) is 29.1 Å². The van der Waals surface area contributed by atoms with Gasteiger partial charge in [0.1, 0.15) is 29.0 Å². The van der Waals surface area contributed by atoms with Crippen molar-refractivity contribution in [3.05, 3.63) is 107 Å². The van der Waals surface area contributed by atoms with Crippen molar-refractivity contribution in [1.82, 2.24) is 4.72 Å². The summed E-state index contributed by atoms with van der Waals surface area (Å²) in [6.45, 7) is 4.13. The van der Waals surface area contributed by atoms with E-state index in [1.165, 1.54) is 36.3 Å². The maximum absolute atomic E-state index is 14.3. The molecule has 52 heavy (non-hydrogen) atoms. The lowest BCUT2D eigenvalue weighted by Crippen LogP contribution is -2.42. The minimum Gasteiger partial charge on any atom is -0.497 e. The van der Waals surface area contributed by atoms with Gasteiger partial charge in [-0.2, -0.15) is 0 Å². The van der Waals surface area contributed by atoms with Crippen LogP contribution in [-0.2, 0) is 36.1 Å². The third kappa shape index (κ3) is 7.79. The lowest BCUT2D eigenvalue weighted by atomic mass is 10.0. The Morgan fingerprint density at radius 1 is 0.942 bits per heavy atom. The number of aryl methyl sites for hydroxylation is 3. The van der Waals surface area contributed by atoms with E-state index in [2.05, 4.69) is 4.74 Å². The van der Waals surface area contributed by atoms with Gasteiger partial charge in [-0.3, -0.25) is 13.9 Å². The monoisotopic (exact) mass is 761 g/mol. The van der Waals surface area contributed by atoms with Gasteiger partial charge in [-0.1, -0.05) is 48.0 Å². The number of halogens is 3. The summed E-state index contributed by atoms with van der Waals surface area (Å²) in [7, 11) is -8.06. The van der Waals surface area contributed by atoms with Crippen LogP contribution in [0.5, 0.6) is 11.5 Å². The molecule has 4 aromatic carbocycles. The highest BCUT2D eigenvalue weighted by molar-refractivity contribution is 7.93. The van der Waals surface area contributed by atoms with Crippen LogP contribution in [0.1, 0.15) is 33.9 Å². The molecule has 0 spiro atoms. The molecule has 0 bridgehead atoms. The zero-order valence-electron chi connectivity index (χ0n) is 28.3. The Balaban J connectivity index is 1.62. The van der Waals surface area contributed by atoms with E-state index in [1.807, 2.05) is 4.72 Å². The molecule has 0 radical (unpaired) electrons. The first-order valence-corrected chi connectivity index (χ1v) is 18.5. The van der Waals surface area contributed by atoms with E-state index in [0.717, 1.165) is 34.1 Å². The second kappa shape index (κ2) is 14.4. The number of ether oxygens (including phenoxy) is 2. The van der Waals surface area contributed by atoms with Crippen LogP contribution < -0.4 is 23.4 Å². The van der Waals surface area contributed by atoms with Crippen LogP contribution in [0, 0.1) is 20.8 Å². The number of hydrogen-bond donors (Lipinski definition) is 2. The second-order valence-corrected chi connectivity index (χ2v) is 15.4. The molecule has 5 rings (SSSR count). The number of fused-ring (bicyclic) bond motifs is 1. The fraction of sp³-hybridized carbons (Fsp3) is 0.257. The number of amides is 1. The van der Waals surface area contributed by atoms with Crippen molar-refractivity contribution in [2.45, 2.75) is 49.4 Å². The predicted octanol–water partition coefficient (Wildman–Crippen LogP) is 5.41. The lowest BCUT2D eigenvalue weighted by molar-refractivity contribution is -0.275. The van der Waals surface area contributed by atoms with Crippen molar-refractivity contribution < 1.29 is 54.2 Å². The molecule has 4 aromatic rings. The fourth-order valence-corrected chi connectivity index (χ4v) is 9.44. The van der Waals surface area contributed by atoms with Gasteiger partial charge >= 0.3 is 12.3 Å². The number of anilines is 2. The van der Waals surface area contributed by atoms with Crippen LogP contribution in [0.15, 0.2) is 88.7 Å². The molecule has 2 N–H and O–H groups in total. The number of benzene rings is 4. The van der Waals surface area contributed by atoms with E-state index in [1.54, 1.807) is 51.1 Å². The molecule has 17 heteroatoms. The number of carboxylic acids is 1. The quantitative estimate of drug-likeness (QED) is 0.191. The van der Waals surface area contributed by atoms with Gasteiger partial charge in [-0.25, -0.2) is 21.6 Å². The smallest absolute Gasteiger partial charge is 0.497 e. The number of nitrogens with one attached hydrogen (secondary N) is 1. The van der Waals surface area contributed by atoms with Crippen LogP contribution in [0.2, 0.25) is 0 Å². The number of methoxy groups -OCH3 is 1. The average molecular weight is 762 g/mol. The van der Waals surface area contributed by atoms with Crippen LogP contribution >= 0.6 is 0 Å². The Morgan fingerprint density at radius 3 is 2.23 bits per heavy atom. The summed E-state index contributed by atoms with van der Waals surface area (Å²) in [5.41, 5.74) is 2.57. The first-order valence-electron chi connectivity index (χ1n) is 15.6. The Hall–Kier alpha value is -5.29. The third-order valence-corrected chi connectivity index (χ3v) is 11.8. The van der Waals surface area contributed by atoms with E-state index in [9.17, 15) is 44.7 Å². The number of hydrogen-bond acceptors (Lipinski definition) is 9. The molecule has 0 aromatic heterocycles. The van der Waals surface area contributed by atoms with Gasteiger partial charge in [0.25, 0.3) is 26.0 Å². The Bertz CT molecular complexity index is 2240. The van der Waals surface area contributed by atoms with Crippen molar-refractivity contribution >= 4 is 43.3 Å². The summed E-state index contributed by atoms with van der Waals surface area (Å²) in [5, 5.41) is 9.87. The van der Waals surface area contributed by atoms with Crippen molar-refractivity contribution in [3.63, 3.8) is 0 Å². The van der Waals surface area contributed by atoms with Crippen LogP contribution in [0.25, 0.3) is 0 Å². The zero-order chi connectivity index (χ0) is 38.2. The van der Waals surface area contributed by atoms with Crippen LogP contribution in [-0.4, -0.2) is 60.4 Å². The predicted molar refractivity (Wildman–Crippen MR) is 185 cm³/mol. The molecular weight excluding hydrogens is 728 g/mol. The minimum atomic E-state index is -5.23. The Labute approximate surface area is 298 Å². The number of para-hydroxylation sites is 1. The minimum absolute atomic E-state index is 0.0268. The third-order valence-electron chi connectivity index (χ3n) is 8.31. The van der Waals surface area contributed by atoms with Crippen molar-refractivity contribution in [3.8, 4) is 11.5 Å². The van der Waals surface area contributed by atoms with Gasteiger partial charge in [-0.15, -0.1) is 13.2 Å². The summed E-state index contributed by atoms with van der Waals surface area (Å²) in [6.07, 6.45) is -5.12. The Kier molecular flexibility index (Phi) is 10.5. The topological polar surface area (TPSA) is 160 Å². The van der Waals surface area contributed by atoms with Gasteiger partial charge in [0, 0.05) is 17.8 Å².